The zero-order valence-corrected chi connectivity index (χ0v) is 15.3. The number of anilines is 1. The van der Waals surface area contributed by atoms with Gasteiger partial charge in [0.05, 0.1) is 5.69 Å². The minimum atomic E-state index is -0.279. The van der Waals surface area contributed by atoms with E-state index in [-0.39, 0.29) is 17.8 Å². The molecule has 0 saturated carbocycles. The van der Waals surface area contributed by atoms with Crippen molar-refractivity contribution in [3.8, 4) is 0 Å². The third kappa shape index (κ3) is 2.96. The molecule has 1 aliphatic heterocycles. The molecule has 2 heterocycles. The Morgan fingerprint density at radius 3 is 2.65 bits per heavy atom. The Hall–Kier alpha value is -2.43. The molecule has 1 atom stereocenters. The second kappa shape index (κ2) is 6.71. The van der Waals surface area contributed by atoms with Crippen LogP contribution < -0.4 is 4.90 Å². The maximum absolute atomic E-state index is 13.9. The highest BCUT2D eigenvalue weighted by Crippen LogP contribution is 2.32. The topological polar surface area (TPSA) is 38.1 Å². The summed E-state index contributed by atoms with van der Waals surface area (Å²) in [7, 11) is 0. The molecule has 0 N–H and O–H groups in total. The molecule has 2 aliphatic rings. The van der Waals surface area contributed by atoms with E-state index in [1.807, 2.05) is 12.3 Å². The normalized spacial score (nSPS) is 20.6. The van der Waals surface area contributed by atoms with Gasteiger partial charge in [0.1, 0.15) is 11.9 Å². The molecule has 136 valence electrons. The van der Waals surface area contributed by atoms with E-state index in [9.17, 15) is 9.18 Å². The molecular weight excluding hydrogens is 329 g/mol. The number of aryl methyl sites for hydroxylation is 2. The van der Waals surface area contributed by atoms with Crippen LogP contribution >= 0.6 is 0 Å². The third-order valence-corrected chi connectivity index (χ3v) is 5.46. The molecule has 2 aromatic rings. The fourth-order valence-electron chi connectivity index (χ4n) is 4.00. The van der Waals surface area contributed by atoms with Gasteiger partial charge in [-0.05, 0) is 80.9 Å². The van der Waals surface area contributed by atoms with Gasteiger partial charge in [0, 0.05) is 18.4 Å². The van der Waals surface area contributed by atoms with Crippen molar-refractivity contribution in [1.82, 2.24) is 9.78 Å². The van der Waals surface area contributed by atoms with Crippen LogP contribution in [0.3, 0.4) is 0 Å². The Bertz CT molecular complexity index is 860. The summed E-state index contributed by atoms with van der Waals surface area (Å²) in [6.45, 7) is 4.11. The first-order valence-corrected chi connectivity index (χ1v) is 9.37. The number of hydrogen-bond acceptors (Lipinski definition) is 2. The Morgan fingerprint density at radius 1 is 1.19 bits per heavy atom. The van der Waals surface area contributed by atoms with E-state index in [0.717, 1.165) is 24.2 Å². The maximum atomic E-state index is 13.9. The molecule has 1 amide bonds. The van der Waals surface area contributed by atoms with E-state index in [0.29, 0.717) is 24.1 Å². The monoisotopic (exact) mass is 353 g/mol. The lowest BCUT2D eigenvalue weighted by Gasteiger charge is -2.18. The minimum absolute atomic E-state index is 0.0303. The fourth-order valence-corrected chi connectivity index (χ4v) is 4.00. The zero-order chi connectivity index (χ0) is 18.3. The highest BCUT2D eigenvalue weighted by molar-refractivity contribution is 5.98. The van der Waals surface area contributed by atoms with Gasteiger partial charge in [-0.3, -0.25) is 9.48 Å². The average Bonchev–Trinajstić information content (AvgIpc) is 3.27. The largest absolute Gasteiger partial charge is 0.310 e. The Morgan fingerprint density at radius 2 is 1.96 bits per heavy atom. The van der Waals surface area contributed by atoms with Crippen LogP contribution in [0.2, 0.25) is 0 Å². The van der Waals surface area contributed by atoms with Crippen LogP contribution in [-0.4, -0.2) is 22.2 Å². The van der Waals surface area contributed by atoms with Gasteiger partial charge in [-0.1, -0.05) is 6.08 Å². The zero-order valence-electron chi connectivity index (χ0n) is 15.3. The highest BCUT2D eigenvalue weighted by Gasteiger charge is 2.35. The summed E-state index contributed by atoms with van der Waals surface area (Å²) in [6, 6.07) is 5.24. The summed E-state index contributed by atoms with van der Waals surface area (Å²) in [4.78, 5) is 14.7. The van der Waals surface area contributed by atoms with Gasteiger partial charge < -0.3 is 4.90 Å². The molecule has 0 radical (unpaired) electrons. The van der Waals surface area contributed by atoms with Crippen molar-refractivity contribution in [3.05, 3.63) is 53.1 Å². The van der Waals surface area contributed by atoms with Crippen LogP contribution in [0.1, 0.15) is 55.0 Å². The third-order valence-electron chi connectivity index (χ3n) is 5.46. The Labute approximate surface area is 153 Å². The number of halogens is 1. The first-order chi connectivity index (χ1) is 12.5. The van der Waals surface area contributed by atoms with Gasteiger partial charge in [-0.25, -0.2) is 4.39 Å². The quantitative estimate of drug-likeness (QED) is 0.810. The summed E-state index contributed by atoms with van der Waals surface area (Å²) in [5.74, 6) is -0.169. The van der Waals surface area contributed by atoms with Crippen molar-refractivity contribution < 1.29 is 9.18 Å². The SMILES string of the molecule is Cc1cc(N2CCC(n3ccc(C4=CCCCC4)n3)C2=O)cc(C)c1F. The minimum Gasteiger partial charge on any atom is -0.310 e. The van der Waals surface area contributed by atoms with Crippen molar-refractivity contribution >= 4 is 17.2 Å². The van der Waals surface area contributed by atoms with E-state index in [2.05, 4.69) is 11.2 Å². The Balaban J connectivity index is 1.56. The summed E-state index contributed by atoms with van der Waals surface area (Å²) in [6.07, 6.45) is 9.53. The molecule has 0 spiro atoms. The fraction of sp³-hybridized carbons (Fsp3) is 0.429. The van der Waals surface area contributed by atoms with Gasteiger partial charge in [0.25, 0.3) is 5.91 Å². The predicted octanol–water partition coefficient (Wildman–Crippen LogP) is 4.57. The number of carbonyl (C=O) groups excluding carboxylic acids is 1. The van der Waals surface area contributed by atoms with Crippen LogP contribution in [0.15, 0.2) is 30.5 Å². The molecule has 1 aromatic heterocycles. The van der Waals surface area contributed by atoms with Crippen LogP contribution in [0, 0.1) is 19.7 Å². The van der Waals surface area contributed by atoms with Crippen molar-refractivity contribution in [2.75, 3.05) is 11.4 Å². The highest BCUT2D eigenvalue weighted by atomic mass is 19.1. The molecule has 5 heteroatoms. The number of allylic oxidation sites excluding steroid dienone is 2. The van der Waals surface area contributed by atoms with Gasteiger partial charge in [0.2, 0.25) is 0 Å². The molecule has 0 bridgehead atoms. The molecule has 1 fully saturated rings. The molecule has 1 aliphatic carbocycles. The smallest absolute Gasteiger partial charge is 0.251 e. The standard InChI is InChI=1S/C21H24FN3O/c1-14-12-17(13-15(2)20(14)22)24-10-9-19(21(24)26)25-11-8-18(23-25)16-6-4-3-5-7-16/h6,8,11-13,19H,3-5,7,9-10H2,1-2H3. The number of hydrogen-bond donors (Lipinski definition) is 0. The number of carbonyl (C=O) groups is 1. The summed E-state index contributed by atoms with van der Waals surface area (Å²) in [5, 5.41) is 4.68. The van der Waals surface area contributed by atoms with Crippen molar-refractivity contribution in [3.63, 3.8) is 0 Å². The van der Waals surface area contributed by atoms with E-state index in [1.54, 1.807) is 35.6 Å². The van der Waals surface area contributed by atoms with Crippen molar-refractivity contribution in [2.45, 2.75) is 52.0 Å². The number of benzene rings is 1. The first kappa shape index (κ1) is 17.0. The average molecular weight is 353 g/mol. The maximum Gasteiger partial charge on any atom is 0.251 e. The second-order valence-electron chi connectivity index (χ2n) is 7.34. The first-order valence-electron chi connectivity index (χ1n) is 9.37. The van der Waals surface area contributed by atoms with Gasteiger partial charge in [-0.2, -0.15) is 5.10 Å². The lowest BCUT2D eigenvalue weighted by atomic mass is 9.97. The number of amides is 1. The van der Waals surface area contributed by atoms with Crippen molar-refractivity contribution in [2.24, 2.45) is 0 Å². The molecule has 4 rings (SSSR count). The Kier molecular flexibility index (Phi) is 4.39. The van der Waals surface area contributed by atoms with E-state index in [1.165, 1.54) is 18.4 Å². The number of nitrogens with zero attached hydrogens (tertiary/aromatic N) is 3. The summed E-state index contributed by atoms with van der Waals surface area (Å²) < 4.78 is 15.7. The van der Waals surface area contributed by atoms with Gasteiger partial charge in [-0.15, -0.1) is 0 Å². The number of rotatable bonds is 3. The molecule has 1 unspecified atom stereocenters. The number of aromatic nitrogens is 2. The summed E-state index contributed by atoms with van der Waals surface area (Å²) >= 11 is 0. The van der Waals surface area contributed by atoms with E-state index >= 15 is 0 Å². The lowest BCUT2D eigenvalue weighted by molar-refractivity contribution is -0.120. The van der Waals surface area contributed by atoms with E-state index < -0.39 is 0 Å². The predicted molar refractivity (Wildman–Crippen MR) is 101 cm³/mol. The van der Waals surface area contributed by atoms with Crippen LogP contribution in [0.4, 0.5) is 10.1 Å². The second-order valence-corrected chi connectivity index (χ2v) is 7.34. The van der Waals surface area contributed by atoms with Crippen LogP contribution in [0.25, 0.3) is 5.57 Å². The van der Waals surface area contributed by atoms with E-state index in [4.69, 9.17) is 0 Å². The molecular formula is C21H24FN3O. The lowest BCUT2D eigenvalue weighted by Crippen LogP contribution is -2.28. The van der Waals surface area contributed by atoms with Gasteiger partial charge >= 0.3 is 0 Å². The molecule has 4 nitrogen and oxygen atoms in total. The van der Waals surface area contributed by atoms with Gasteiger partial charge in [0.15, 0.2) is 0 Å². The van der Waals surface area contributed by atoms with Crippen molar-refractivity contribution in [1.29, 1.82) is 0 Å². The summed E-state index contributed by atoms with van der Waals surface area (Å²) in [5.41, 5.74) is 4.20. The molecule has 1 aromatic carbocycles. The van der Waals surface area contributed by atoms with Crippen LogP contribution in [-0.2, 0) is 4.79 Å². The molecule has 1 saturated heterocycles. The molecule has 26 heavy (non-hydrogen) atoms. The van der Waals surface area contributed by atoms with Crippen LogP contribution in [0.5, 0.6) is 0 Å².